The molecule has 1 amide bonds. The normalized spacial score (nSPS) is 14.7. The third-order valence-corrected chi connectivity index (χ3v) is 5.14. The second-order valence-corrected chi connectivity index (χ2v) is 7.79. The van der Waals surface area contributed by atoms with Crippen LogP contribution in [0.2, 0.25) is 0 Å². The lowest BCUT2D eigenvalue weighted by atomic mass is 10.00. The number of carbonyl (C=O) groups is 1. The molecular weight excluding hydrogens is 345 g/mol. The second kappa shape index (κ2) is 18.7. The molecule has 27 heavy (non-hydrogen) atoms. The van der Waals surface area contributed by atoms with Crippen molar-refractivity contribution >= 4 is 5.91 Å². The molecule has 0 bridgehead atoms. The van der Waals surface area contributed by atoms with Gasteiger partial charge in [0, 0.05) is 6.42 Å². The summed E-state index contributed by atoms with van der Waals surface area (Å²) in [5.41, 5.74) is 0. The van der Waals surface area contributed by atoms with Gasteiger partial charge in [-0.15, -0.1) is 0 Å². The number of hydrogen-bond acceptors (Lipinski definition) is 3. The Morgan fingerprint density at radius 2 is 1.33 bits per heavy atom. The van der Waals surface area contributed by atoms with Crippen LogP contribution < -0.4 is 5.32 Å². The quantitative estimate of drug-likeness (QED) is 0.271. The van der Waals surface area contributed by atoms with E-state index in [0.29, 0.717) is 12.8 Å². The highest BCUT2D eigenvalue weighted by Crippen LogP contribution is 2.16. The van der Waals surface area contributed by atoms with Crippen molar-refractivity contribution in [2.75, 3.05) is 6.61 Å². The fraction of sp³-hybridized carbons (Fsp3) is 0.955. The van der Waals surface area contributed by atoms with Crippen molar-refractivity contribution in [1.29, 1.82) is 0 Å². The zero-order chi connectivity index (χ0) is 20.3. The summed E-state index contributed by atoms with van der Waals surface area (Å²) in [5, 5.41) is 21.8. The Morgan fingerprint density at radius 1 is 0.852 bits per heavy atom. The topological polar surface area (TPSA) is 69.6 Å². The van der Waals surface area contributed by atoms with Crippen molar-refractivity contribution in [3.05, 3.63) is 0 Å². The summed E-state index contributed by atoms with van der Waals surface area (Å²) in [6, 6.07) is -0.920. The minimum Gasteiger partial charge on any atom is -0.394 e. The van der Waals surface area contributed by atoms with E-state index in [1.54, 1.807) is 0 Å². The Bertz CT molecular complexity index is 342. The zero-order valence-corrected chi connectivity index (χ0v) is 17.7. The van der Waals surface area contributed by atoms with Crippen LogP contribution in [-0.4, -0.2) is 41.0 Å². The van der Waals surface area contributed by atoms with Gasteiger partial charge in [0.2, 0.25) is 5.91 Å². The number of amides is 1. The highest BCUT2D eigenvalue weighted by Gasteiger charge is 2.28. The van der Waals surface area contributed by atoms with Crippen molar-refractivity contribution < 1.29 is 19.4 Å². The highest BCUT2D eigenvalue weighted by atomic mass is 19.1. The van der Waals surface area contributed by atoms with E-state index in [2.05, 4.69) is 12.2 Å². The van der Waals surface area contributed by atoms with Crippen LogP contribution in [0.15, 0.2) is 0 Å². The van der Waals surface area contributed by atoms with Crippen LogP contribution in [0.25, 0.3) is 0 Å². The molecule has 0 aliphatic rings. The van der Waals surface area contributed by atoms with Crippen molar-refractivity contribution in [3.63, 3.8) is 0 Å². The lowest BCUT2D eigenvalue weighted by molar-refractivity contribution is -0.123. The highest BCUT2D eigenvalue weighted by molar-refractivity contribution is 5.76. The number of aliphatic hydroxyl groups excluding tert-OH is 2. The Balaban J connectivity index is 3.65. The first kappa shape index (κ1) is 26.3. The summed E-state index contributed by atoms with van der Waals surface area (Å²) >= 11 is 0. The lowest BCUT2D eigenvalue weighted by Crippen LogP contribution is -2.49. The average Bonchev–Trinajstić information content (AvgIpc) is 2.66. The van der Waals surface area contributed by atoms with Crippen LogP contribution in [0.1, 0.15) is 110 Å². The van der Waals surface area contributed by atoms with Gasteiger partial charge in [-0.1, -0.05) is 90.9 Å². The zero-order valence-electron chi connectivity index (χ0n) is 17.7. The summed E-state index contributed by atoms with van der Waals surface area (Å²) in [7, 11) is 0. The summed E-state index contributed by atoms with van der Waals surface area (Å²) < 4.78 is 14.2. The van der Waals surface area contributed by atoms with E-state index in [1.165, 1.54) is 57.8 Å². The van der Waals surface area contributed by atoms with Gasteiger partial charge in [0.25, 0.3) is 0 Å². The standard InChI is InChI=1S/C22H44FNO3/c1-3-5-6-7-8-9-10-11-12-13-14-15-17-19(23)22(27)20(18-25)24-21(26)16-4-2/h19-20,22,25,27H,3-18H2,1-2H3,(H,24,26)/t19-,20+,22-/m1/s1. The molecule has 0 aliphatic heterocycles. The maximum atomic E-state index is 14.2. The number of nitrogens with one attached hydrogen (secondary N) is 1. The predicted molar refractivity (Wildman–Crippen MR) is 111 cm³/mol. The van der Waals surface area contributed by atoms with Crippen molar-refractivity contribution in [1.82, 2.24) is 5.32 Å². The molecule has 0 heterocycles. The minimum atomic E-state index is -1.41. The first-order chi connectivity index (χ1) is 13.1. The second-order valence-electron chi connectivity index (χ2n) is 7.79. The van der Waals surface area contributed by atoms with E-state index < -0.39 is 24.9 Å². The molecule has 0 rings (SSSR count). The molecule has 4 nitrogen and oxygen atoms in total. The summed E-state index contributed by atoms with van der Waals surface area (Å²) in [5.74, 6) is -0.256. The molecule has 3 N–H and O–H groups in total. The van der Waals surface area contributed by atoms with E-state index in [9.17, 15) is 19.4 Å². The van der Waals surface area contributed by atoms with E-state index >= 15 is 0 Å². The molecule has 0 aromatic rings. The van der Waals surface area contributed by atoms with Crippen LogP contribution in [0.3, 0.4) is 0 Å². The predicted octanol–water partition coefficient (Wildman–Crippen LogP) is 5.05. The monoisotopic (exact) mass is 389 g/mol. The minimum absolute atomic E-state index is 0.256. The van der Waals surface area contributed by atoms with Gasteiger partial charge in [-0.25, -0.2) is 4.39 Å². The number of halogens is 1. The maximum Gasteiger partial charge on any atom is 0.220 e. The van der Waals surface area contributed by atoms with Gasteiger partial charge in [-0.05, 0) is 12.8 Å². The fourth-order valence-corrected chi connectivity index (χ4v) is 3.35. The molecule has 0 saturated heterocycles. The number of carbonyl (C=O) groups excluding carboxylic acids is 1. The molecule has 162 valence electrons. The van der Waals surface area contributed by atoms with Gasteiger partial charge in [0.1, 0.15) is 12.3 Å². The maximum absolute atomic E-state index is 14.2. The molecule has 0 aromatic carbocycles. The third kappa shape index (κ3) is 15.0. The molecule has 0 unspecified atom stereocenters. The van der Waals surface area contributed by atoms with Gasteiger partial charge in [-0.2, -0.15) is 0 Å². The summed E-state index contributed by atoms with van der Waals surface area (Å²) in [6.07, 6.45) is 13.1. The first-order valence-electron chi connectivity index (χ1n) is 11.3. The van der Waals surface area contributed by atoms with Gasteiger partial charge in [-0.3, -0.25) is 4.79 Å². The number of rotatable bonds is 19. The number of aliphatic hydroxyl groups is 2. The van der Waals surface area contributed by atoms with Crippen molar-refractivity contribution in [3.8, 4) is 0 Å². The van der Waals surface area contributed by atoms with Crippen LogP contribution in [0, 0.1) is 0 Å². The molecule has 0 aromatic heterocycles. The van der Waals surface area contributed by atoms with Gasteiger partial charge in [0.05, 0.1) is 12.6 Å². The fourth-order valence-electron chi connectivity index (χ4n) is 3.35. The van der Waals surface area contributed by atoms with E-state index in [0.717, 1.165) is 19.3 Å². The molecule has 0 aliphatic carbocycles. The molecule has 0 spiro atoms. The molecule has 5 heteroatoms. The van der Waals surface area contributed by atoms with Crippen molar-refractivity contribution in [2.45, 2.75) is 128 Å². The van der Waals surface area contributed by atoms with Gasteiger partial charge < -0.3 is 15.5 Å². The summed E-state index contributed by atoms with van der Waals surface area (Å²) in [6.45, 7) is 3.66. The van der Waals surface area contributed by atoms with E-state index in [4.69, 9.17) is 0 Å². The Labute approximate surface area is 166 Å². The van der Waals surface area contributed by atoms with Gasteiger partial charge in [0.15, 0.2) is 0 Å². The Hall–Kier alpha value is -0.680. The number of hydrogen-bond donors (Lipinski definition) is 3. The molecule has 0 saturated carbocycles. The molecular formula is C22H44FNO3. The van der Waals surface area contributed by atoms with Crippen molar-refractivity contribution in [2.24, 2.45) is 0 Å². The average molecular weight is 390 g/mol. The molecule has 0 radical (unpaired) electrons. The van der Waals surface area contributed by atoms with Crippen LogP contribution in [0.5, 0.6) is 0 Å². The lowest BCUT2D eigenvalue weighted by Gasteiger charge is -2.25. The van der Waals surface area contributed by atoms with Crippen LogP contribution in [0.4, 0.5) is 4.39 Å². The molecule has 3 atom stereocenters. The largest absolute Gasteiger partial charge is 0.394 e. The number of unbranched alkanes of at least 4 members (excludes halogenated alkanes) is 11. The van der Waals surface area contributed by atoms with Crippen LogP contribution >= 0.6 is 0 Å². The smallest absolute Gasteiger partial charge is 0.220 e. The van der Waals surface area contributed by atoms with Crippen LogP contribution in [-0.2, 0) is 4.79 Å². The Morgan fingerprint density at radius 3 is 1.78 bits per heavy atom. The third-order valence-electron chi connectivity index (χ3n) is 5.14. The first-order valence-corrected chi connectivity index (χ1v) is 11.3. The van der Waals surface area contributed by atoms with E-state index in [-0.39, 0.29) is 12.3 Å². The number of alkyl halides is 1. The van der Waals surface area contributed by atoms with E-state index in [1.807, 2.05) is 6.92 Å². The van der Waals surface area contributed by atoms with Gasteiger partial charge >= 0.3 is 0 Å². The Kier molecular flexibility index (Phi) is 18.2. The SMILES string of the molecule is CCCCCCCCCCCCCC[C@@H](F)[C@@H](O)[C@H](CO)NC(=O)CCC. The molecule has 0 fully saturated rings. The summed E-state index contributed by atoms with van der Waals surface area (Å²) in [4.78, 5) is 11.6.